The second-order valence-corrected chi connectivity index (χ2v) is 4.19. The van der Waals surface area contributed by atoms with Gasteiger partial charge in [-0.05, 0) is 12.1 Å². The van der Waals surface area contributed by atoms with E-state index in [0.29, 0.717) is 11.1 Å². The Kier molecular flexibility index (Phi) is 2.71. The van der Waals surface area contributed by atoms with E-state index in [0.717, 1.165) is 5.52 Å². The Morgan fingerprint density at radius 2 is 2.00 bits per heavy atom. The highest BCUT2D eigenvalue weighted by molar-refractivity contribution is 9.09. The zero-order chi connectivity index (χ0) is 11.9. The molecular formula is C11H11BrN2O2. The first-order valence-corrected chi connectivity index (χ1v) is 5.93. The first-order valence-electron chi connectivity index (χ1n) is 4.81. The quantitative estimate of drug-likeness (QED) is 0.618. The van der Waals surface area contributed by atoms with Crippen LogP contribution >= 0.6 is 15.9 Å². The lowest BCUT2D eigenvalue weighted by Gasteiger charge is -2.01. The molecule has 0 aliphatic heterocycles. The topological polar surface area (TPSA) is 44.0 Å². The number of imidazole rings is 1. The number of nitrogens with zero attached hydrogens (tertiary/aromatic N) is 2. The Hall–Kier alpha value is -1.36. The van der Waals surface area contributed by atoms with Crippen molar-refractivity contribution in [2.45, 2.75) is 0 Å². The van der Waals surface area contributed by atoms with E-state index in [4.69, 9.17) is 0 Å². The summed E-state index contributed by atoms with van der Waals surface area (Å²) in [6.45, 7) is 0. The van der Waals surface area contributed by atoms with Crippen molar-refractivity contribution >= 4 is 32.7 Å². The molecule has 1 aromatic heterocycles. The normalized spacial score (nSPS) is 10.9. The molecule has 4 nitrogen and oxygen atoms in total. The van der Waals surface area contributed by atoms with Gasteiger partial charge in [-0.25, -0.2) is 4.79 Å². The Bertz CT molecular complexity index is 625. The molecule has 0 aliphatic rings. The fraction of sp³-hybridized carbons (Fsp3) is 0.273. The van der Waals surface area contributed by atoms with Crippen molar-refractivity contribution < 1.29 is 4.79 Å². The molecule has 5 heteroatoms. The number of rotatable bonds is 2. The third kappa shape index (κ3) is 1.43. The number of aryl methyl sites for hydroxylation is 2. The van der Waals surface area contributed by atoms with Gasteiger partial charge in [0.2, 0.25) is 0 Å². The maximum absolute atomic E-state index is 11.8. The maximum atomic E-state index is 11.8. The number of benzene rings is 1. The highest BCUT2D eigenvalue weighted by Gasteiger charge is 2.15. The van der Waals surface area contributed by atoms with Crippen molar-refractivity contribution in [1.29, 1.82) is 0 Å². The molecule has 0 aliphatic carbocycles. The van der Waals surface area contributed by atoms with Crippen LogP contribution in [0.25, 0.3) is 11.0 Å². The SMILES string of the molecule is Cn1c(=O)n(C)c2c(C(=O)CBr)cccc21. The molecule has 0 radical (unpaired) electrons. The van der Waals surface area contributed by atoms with Crippen LogP contribution in [0.2, 0.25) is 0 Å². The Morgan fingerprint density at radius 1 is 1.31 bits per heavy atom. The second-order valence-electron chi connectivity index (χ2n) is 3.63. The number of hydrogen-bond acceptors (Lipinski definition) is 2. The van der Waals surface area contributed by atoms with Crippen molar-refractivity contribution in [2.75, 3.05) is 5.33 Å². The number of fused-ring (bicyclic) bond motifs is 1. The average molecular weight is 283 g/mol. The number of carbonyl (C=O) groups is 1. The third-order valence-corrected chi connectivity index (χ3v) is 3.22. The molecule has 1 aromatic carbocycles. The van der Waals surface area contributed by atoms with Crippen molar-refractivity contribution in [3.05, 3.63) is 34.2 Å². The fourth-order valence-electron chi connectivity index (χ4n) is 1.88. The van der Waals surface area contributed by atoms with Crippen molar-refractivity contribution in [3.8, 4) is 0 Å². The smallest absolute Gasteiger partial charge is 0.295 e. The summed E-state index contributed by atoms with van der Waals surface area (Å²) in [5, 5.41) is 0.259. The first kappa shape index (κ1) is 11.1. The summed E-state index contributed by atoms with van der Waals surface area (Å²) in [6.07, 6.45) is 0. The van der Waals surface area contributed by atoms with E-state index in [2.05, 4.69) is 15.9 Å². The van der Waals surface area contributed by atoms with Crippen LogP contribution in [0.1, 0.15) is 10.4 Å². The molecule has 0 amide bonds. The zero-order valence-electron chi connectivity index (χ0n) is 9.03. The summed E-state index contributed by atoms with van der Waals surface area (Å²) in [6, 6.07) is 5.37. The van der Waals surface area contributed by atoms with Crippen LogP contribution in [0, 0.1) is 0 Å². The summed E-state index contributed by atoms with van der Waals surface area (Å²) in [4.78, 5) is 23.5. The number of hydrogen-bond donors (Lipinski definition) is 0. The summed E-state index contributed by atoms with van der Waals surface area (Å²) in [5.74, 6) is -0.0215. The third-order valence-electron chi connectivity index (χ3n) is 2.71. The second kappa shape index (κ2) is 3.90. The minimum absolute atomic E-state index is 0.0215. The van der Waals surface area contributed by atoms with E-state index in [-0.39, 0.29) is 16.8 Å². The van der Waals surface area contributed by atoms with Gasteiger partial charge in [0.25, 0.3) is 0 Å². The molecule has 0 atom stereocenters. The number of Topliss-reactive ketones (excluding diaryl/α,β-unsaturated/α-hetero) is 1. The number of para-hydroxylation sites is 1. The number of carbonyl (C=O) groups excluding carboxylic acids is 1. The lowest BCUT2D eigenvalue weighted by molar-refractivity contribution is 0.102. The van der Waals surface area contributed by atoms with Crippen molar-refractivity contribution in [3.63, 3.8) is 0 Å². The van der Waals surface area contributed by atoms with Gasteiger partial charge in [-0.3, -0.25) is 13.9 Å². The van der Waals surface area contributed by atoms with Crippen LogP contribution in [0.3, 0.4) is 0 Å². The minimum atomic E-state index is -0.121. The lowest BCUT2D eigenvalue weighted by Crippen LogP contribution is -2.19. The zero-order valence-corrected chi connectivity index (χ0v) is 10.6. The largest absolute Gasteiger partial charge is 0.328 e. The van der Waals surface area contributed by atoms with E-state index in [1.807, 2.05) is 6.07 Å². The highest BCUT2D eigenvalue weighted by Crippen LogP contribution is 2.17. The van der Waals surface area contributed by atoms with Gasteiger partial charge >= 0.3 is 5.69 Å². The van der Waals surface area contributed by atoms with E-state index < -0.39 is 0 Å². The van der Waals surface area contributed by atoms with Gasteiger partial charge in [0.1, 0.15) is 0 Å². The summed E-state index contributed by atoms with van der Waals surface area (Å²) in [7, 11) is 3.38. The summed E-state index contributed by atoms with van der Waals surface area (Å²) >= 11 is 3.14. The van der Waals surface area contributed by atoms with E-state index >= 15 is 0 Å². The number of aromatic nitrogens is 2. The summed E-state index contributed by atoms with van der Waals surface area (Å²) in [5.41, 5.74) is 1.93. The van der Waals surface area contributed by atoms with Gasteiger partial charge in [0.15, 0.2) is 5.78 Å². The van der Waals surface area contributed by atoms with Crippen LogP contribution < -0.4 is 5.69 Å². The molecule has 0 N–H and O–H groups in total. The van der Waals surface area contributed by atoms with Crippen LogP contribution in [0.4, 0.5) is 0 Å². The van der Waals surface area contributed by atoms with Crippen LogP contribution in [0.15, 0.2) is 23.0 Å². The number of halogens is 1. The number of ketones is 1. The van der Waals surface area contributed by atoms with Gasteiger partial charge in [-0.15, -0.1) is 0 Å². The molecule has 0 fully saturated rings. The van der Waals surface area contributed by atoms with Gasteiger partial charge in [0, 0.05) is 19.7 Å². The van der Waals surface area contributed by atoms with Crippen LogP contribution in [0.5, 0.6) is 0 Å². The minimum Gasteiger partial charge on any atom is -0.295 e. The van der Waals surface area contributed by atoms with E-state index in [9.17, 15) is 9.59 Å². The average Bonchev–Trinajstić information content (AvgIpc) is 2.54. The van der Waals surface area contributed by atoms with E-state index in [1.165, 1.54) is 4.57 Å². The standard InChI is InChI=1S/C11H11BrN2O2/c1-13-8-5-3-4-7(9(15)6-12)10(8)14(2)11(13)16/h3-5H,6H2,1-2H3. The van der Waals surface area contributed by atoms with Gasteiger partial charge in [0.05, 0.1) is 16.4 Å². The predicted octanol–water partition coefficient (Wildman–Crippen LogP) is 1.45. The Morgan fingerprint density at radius 3 is 2.62 bits per heavy atom. The molecule has 0 saturated carbocycles. The Labute approximate surface area is 101 Å². The fourth-order valence-corrected chi connectivity index (χ4v) is 2.18. The molecule has 0 bridgehead atoms. The molecule has 1 heterocycles. The van der Waals surface area contributed by atoms with Crippen molar-refractivity contribution in [2.24, 2.45) is 14.1 Å². The maximum Gasteiger partial charge on any atom is 0.328 e. The monoisotopic (exact) mass is 282 g/mol. The predicted molar refractivity (Wildman–Crippen MR) is 66.3 cm³/mol. The first-order chi connectivity index (χ1) is 7.57. The molecule has 2 rings (SSSR count). The number of alkyl halides is 1. The van der Waals surface area contributed by atoms with Gasteiger partial charge in [-0.1, -0.05) is 22.0 Å². The molecule has 16 heavy (non-hydrogen) atoms. The summed E-state index contributed by atoms with van der Waals surface area (Å²) < 4.78 is 3.05. The van der Waals surface area contributed by atoms with E-state index in [1.54, 1.807) is 30.8 Å². The molecule has 84 valence electrons. The highest BCUT2D eigenvalue weighted by atomic mass is 79.9. The molecule has 0 saturated heterocycles. The van der Waals surface area contributed by atoms with Crippen LogP contribution in [-0.2, 0) is 14.1 Å². The van der Waals surface area contributed by atoms with Gasteiger partial charge in [-0.2, -0.15) is 0 Å². The molecular weight excluding hydrogens is 272 g/mol. The molecule has 0 spiro atoms. The lowest BCUT2D eigenvalue weighted by atomic mass is 10.1. The molecule has 0 unspecified atom stereocenters. The van der Waals surface area contributed by atoms with Gasteiger partial charge < -0.3 is 0 Å². The molecule has 2 aromatic rings. The Balaban J connectivity index is 2.93. The van der Waals surface area contributed by atoms with Crippen molar-refractivity contribution in [1.82, 2.24) is 9.13 Å². The van der Waals surface area contributed by atoms with Crippen LogP contribution in [-0.4, -0.2) is 20.2 Å².